The molecule has 100 valence electrons. The highest BCUT2D eigenvalue weighted by molar-refractivity contribution is 5.90. The van der Waals surface area contributed by atoms with E-state index in [0.29, 0.717) is 11.5 Å². The van der Waals surface area contributed by atoms with Crippen LogP contribution in [0.2, 0.25) is 0 Å². The normalized spacial score (nSPS) is 10.5. The maximum atomic E-state index is 11.5. The zero-order valence-corrected chi connectivity index (χ0v) is 11.4. The fraction of sp³-hybridized carbons (Fsp3) is 0.333. The minimum Gasteiger partial charge on any atom is -0.465 e. The van der Waals surface area contributed by atoms with Gasteiger partial charge < -0.3 is 9.15 Å². The van der Waals surface area contributed by atoms with Gasteiger partial charge in [0.05, 0.1) is 12.7 Å². The highest BCUT2D eigenvalue weighted by Gasteiger charge is 2.14. The van der Waals surface area contributed by atoms with Crippen molar-refractivity contribution in [2.24, 2.45) is 0 Å². The monoisotopic (exact) mass is 259 g/mol. The molecule has 0 amide bonds. The number of methoxy groups -OCH3 is 1. The summed E-state index contributed by atoms with van der Waals surface area (Å²) in [6.07, 6.45) is 1.82. The number of nitrogens with zero attached hydrogens (tertiary/aromatic N) is 1. The number of aromatic nitrogens is 1. The van der Waals surface area contributed by atoms with E-state index in [0.717, 1.165) is 29.9 Å². The molecule has 0 aliphatic heterocycles. The molecule has 2 rings (SSSR count). The van der Waals surface area contributed by atoms with Crippen LogP contribution >= 0.6 is 0 Å². The van der Waals surface area contributed by atoms with Crippen LogP contribution in [-0.4, -0.2) is 18.1 Å². The number of hydrogen-bond donors (Lipinski definition) is 0. The Morgan fingerprint density at radius 2 is 2.21 bits per heavy atom. The van der Waals surface area contributed by atoms with Gasteiger partial charge in [-0.05, 0) is 18.6 Å². The van der Waals surface area contributed by atoms with Crippen molar-refractivity contribution in [2.75, 3.05) is 7.11 Å². The van der Waals surface area contributed by atoms with Gasteiger partial charge in [-0.2, -0.15) is 0 Å². The molecule has 2 aromatic rings. The lowest BCUT2D eigenvalue weighted by Crippen LogP contribution is -2.01. The first-order valence-electron chi connectivity index (χ1n) is 6.30. The summed E-state index contributed by atoms with van der Waals surface area (Å²) in [5.41, 5.74) is 2.21. The summed E-state index contributed by atoms with van der Waals surface area (Å²) in [5.74, 6) is 1.16. The van der Waals surface area contributed by atoms with Gasteiger partial charge in [-0.25, -0.2) is 9.78 Å². The Hall–Kier alpha value is -2.10. The van der Waals surface area contributed by atoms with E-state index in [-0.39, 0.29) is 5.97 Å². The number of aryl methyl sites for hydroxylation is 2. The van der Waals surface area contributed by atoms with Gasteiger partial charge in [-0.3, -0.25) is 0 Å². The Kier molecular flexibility index (Phi) is 4.00. The van der Waals surface area contributed by atoms with E-state index in [1.807, 2.05) is 19.1 Å². The van der Waals surface area contributed by atoms with Crippen molar-refractivity contribution in [2.45, 2.75) is 26.7 Å². The lowest BCUT2D eigenvalue weighted by Gasteiger charge is -2.03. The third kappa shape index (κ3) is 2.84. The predicted octanol–water partition coefficient (Wildman–Crippen LogP) is 3.39. The Morgan fingerprint density at radius 3 is 2.89 bits per heavy atom. The second-order valence-electron chi connectivity index (χ2n) is 4.33. The summed E-state index contributed by atoms with van der Waals surface area (Å²) >= 11 is 0. The number of carbonyl (C=O) groups excluding carboxylic acids is 1. The molecule has 4 heteroatoms. The van der Waals surface area contributed by atoms with E-state index < -0.39 is 0 Å². The molecular weight excluding hydrogens is 242 g/mol. The molecule has 4 nitrogen and oxygen atoms in total. The summed E-state index contributed by atoms with van der Waals surface area (Å²) < 4.78 is 10.3. The van der Waals surface area contributed by atoms with Gasteiger partial charge in [-0.1, -0.05) is 19.1 Å². The molecule has 0 spiro atoms. The molecule has 0 unspecified atom stereocenters. The van der Waals surface area contributed by atoms with Crippen LogP contribution in [-0.2, 0) is 11.2 Å². The van der Waals surface area contributed by atoms with Crippen LogP contribution in [0.25, 0.3) is 11.3 Å². The summed E-state index contributed by atoms with van der Waals surface area (Å²) in [5, 5.41) is 0. The summed E-state index contributed by atoms with van der Waals surface area (Å²) in [6.45, 7) is 3.92. The van der Waals surface area contributed by atoms with E-state index in [1.54, 1.807) is 12.1 Å². The third-order valence-electron chi connectivity index (χ3n) is 2.84. The molecule has 19 heavy (non-hydrogen) atoms. The molecule has 0 aliphatic carbocycles. The third-order valence-corrected chi connectivity index (χ3v) is 2.84. The van der Waals surface area contributed by atoms with E-state index in [1.165, 1.54) is 7.11 Å². The number of esters is 1. The Balaban J connectivity index is 2.44. The van der Waals surface area contributed by atoms with Gasteiger partial charge in [0, 0.05) is 18.9 Å². The second kappa shape index (κ2) is 5.69. The summed E-state index contributed by atoms with van der Waals surface area (Å²) in [7, 11) is 1.37. The standard InChI is InChI=1S/C15H17NO3/c1-4-6-13-14(16-10(2)19-13)11-7-5-8-12(9-11)15(17)18-3/h5,7-9H,4,6H2,1-3H3. The van der Waals surface area contributed by atoms with E-state index in [2.05, 4.69) is 11.9 Å². The van der Waals surface area contributed by atoms with Gasteiger partial charge in [0.1, 0.15) is 11.5 Å². The highest BCUT2D eigenvalue weighted by Crippen LogP contribution is 2.26. The minimum absolute atomic E-state index is 0.348. The van der Waals surface area contributed by atoms with Crippen LogP contribution in [0.3, 0.4) is 0 Å². The van der Waals surface area contributed by atoms with Crippen LogP contribution in [0.5, 0.6) is 0 Å². The summed E-state index contributed by atoms with van der Waals surface area (Å²) in [4.78, 5) is 16.0. The largest absolute Gasteiger partial charge is 0.465 e. The highest BCUT2D eigenvalue weighted by atomic mass is 16.5. The Bertz CT molecular complexity index is 587. The van der Waals surface area contributed by atoms with Crippen LogP contribution < -0.4 is 0 Å². The van der Waals surface area contributed by atoms with Crippen LogP contribution in [0.15, 0.2) is 28.7 Å². The maximum Gasteiger partial charge on any atom is 0.337 e. The number of ether oxygens (including phenoxy) is 1. The molecule has 0 radical (unpaired) electrons. The van der Waals surface area contributed by atoms with Crippen LogP contribution in [0, 0.1) is 6.92 Å². The van der Waals surface area contributed by atoms with Crippen molar-refractivity contribution in [1.29, 1.82) is 0 Å². The quantitative estimate of drug-likeness (QED) is 0.790. The molecule has 1 heterocycles. The smallest absolute Gasteiger partial charge is 0.337 e. The van der Waals surface area contributed by atoms with Gasteiger partial charge >= 0.3 is 5.97 Å². The zero-order valence-electron chi connectivity index (χ0n) is 11.4. The molecule has 0 saturated carbocycles. The number of carbonyl (C=O) groups is 1. The van der Waals surface area contributed by atoms with E-state index in [4.69, 9.17) is 9.15 Å². The van der Waals surface area contributed by atoms with Crippen molar-refractivity contribution in [3.05, 3.63) is 41.5 Å². The molecular formula is C15H17NO3. The number of hydrogen-bond acceptors (Lipinski definition) is 4. The van der Waals surface area contributed by atoms with Crippen molar-refractivity contribution >= 4 is 5.97 Å². The SMILES string of the molecule is CCCc1oc(C)nc1-c1cccc(C(=O)OC)c1. The molecule has 1 aromatic heterocycles. The number of benzene rings is 1. The predicted molar refractivity (Wildman–Crippen MR) is 72.0 cm³/mol. The van der Waals surface area contributed by atoms with Crippen molar-refractivity contribution in [1.82, 2.24) is 4.98 Å². The van der Waals surface area contributed by atoms with Crippen LogP contribution in [0.4, 0.5) is 0 Å². The topological polar surface area (TPSA) is 52.3 Å². The second-order valence-corrected chi connectivity index (χ2v) is 4.33. The van der Waals surface area contributed by atoms with Crippen molar-refractivity contribution in [3.63, 3.8) is 0 Å². The minimum atomic E-state index is -0.348. The molecule has 0 fully saturated rings. The Labute approximate surface area is 112 Å². The number of rotatable bonds is 4. The van der Waals surface area contributed by atoms with Gasteiger partial charge in [-0.15, -0.1) is 0 Å². The van der Waals surface area contributed by atoms with Crippen LogP contribution in [0.1, 0.15) is 35.4 Å². The fourth-order valence-corrected chi connectivity index (χ4v) is 2.00. The zero-order chi connectivity index (χ0) is 13.8. The van der Waals surface area contributed by atoms with E-state index >= 15 is 0 Å². The average molecular weight is 259 g/mol. The lowest BCUT2D eigenvalue weighted by molar-refractivity contribution is 0.0601. The van der Waals surface area contributed by atoms with Crippen molar-refractivity contribution < 1.29 is 13.9 Å². The molecule has 0 saturated heterocycles. The molecule has 0 aliphatic rings. The van der Waals surface area contributed by atoms with Crippen molar-refractivity contribution in [3.8, 4) is 11.3 Å². The van der Waals surface area contributed by atoms with E-state index in [9.17, 15) is 4.79 Å². The maximum absolute atomic E-state index is 11.5. The first-order valence-corrected chi connectivity index (χ1v) is 6.30. The fourth-order valence-electron chi connectivity index (χ4n) is 2.00. The van der Waals surface area contributed by atoms with Gasteiger partial charge in [0.25, 0.3) is 0 Å². The lowest BCUT2D eigenvalue weighted by atomic mass is 10.1. The average Bonchev–Trinajstić information content (AvgIpc) is 2.79. The van der Waals surface area contributed by atoms with Gasteiger partial charge in [0.2, 0.25) is 0 Å². The molecule has 0 N–H and O–H groups in total. The number of oxazole rings is 1. The molecule has 0 atom stereocenters. The summed E-state index contributed by atoms with van der Waals surface area (Å²) in [6, 6.07) is 7.24. The first-order chi connectivity index (χ1) is 9.15. The first kappa shape index (κ1) is 13.3. The molecule has 1 aromatic carbocycles. The van der Waals surface area contributed by atoms with Gasteiger partial charge in [0.15, 0.2) is 5.89 Å². The Morgan fingerprint density at radius 1 is 1.42 bits per heavy atom. The molecule has 0 bridgehead atoms.